The van der Waals surface area contributed by atoms with Gasteiger partial charge in [-0.25, -0.2) is 0 Å². The van der Waals surface area contributed by atoms with E-state index in [0.717, 1.165) is 25.0 Å². The van der Waals surface area contributed by atoms with Gasteiger partial charge in [-0.1, -0.05) is 6.07 Å². The third-order valence-electron chi connectivity index (χ3n) is 4.96. The maximum Gasteiger partial charge on any atom is 0.272 e. The summed E-state index contributed by atoms with van der Waals surface area (Å²) in [5.41, 5.74) is 0.330. The van der Waals surface area contributed by atoms with Crippen LogP contribution in [0.4, 0.5) is 0 Å². The van der Waals surface area contributed by atoms with Gasteiger partial charge in [0.15, 0.2) is 0 Å². The summed E-state index contributed by atoms with van der Waals surface area (Å²) in [7, 11) is 0. The average molecular weight is 339 g/mol. The molecule has 0 unspecified atom stereocenters. The molecule has 1 amide bonds. The van der Waals surface area contributed by atoms with E-state index in [-0.39, 0.29) is 17.6 Å². The van der Waals surface area contributed by atoms with Gasteiger partial charge < -0.3 is 14.4 Å². The number of aromatic nitrogens is 2. The summed E-state index contributed by atoms with van der Waals surface area (Å²) in [5.74, 6) is 0.771. The fraction of sp³-hybridized carbons (Fsp3) is 0.421. The Kier molecular flexibility index (Phi) is 4.36. The van der Waals surface area contributed by atoms with Gasteiger partial charge in [0.2, 0.25) is 0 Å². The van der Waals surface area contributed by atoms with Crippen molar-refractivity contribution in [3.05, 3.63) is 54.6 Å². The Balaban J connectivity index is 1.33. The second kappa shape index (κ2) is 6.80. The molecular formula is C19H21N3O3. The van der Waals surface area contributed by atoms with Crippen LogP contribution in [0.25, 0.3) is 0 Å². The van der Waals surface area contributed by atoms with E-state index in [4.69, 9.17) is 9.47 Å². The zero-order chi connectivity index (χ0) is 17.1. The van der Waals surface area contributed by atoms with Crippen molar-refractivity contribution in [1.82, 2.24) is 14.9 Å². The first-order valence-corrected chi connectivity index (χ1v) is 8.65. The number of amides is 1. The number of ether oxygens (including phenoxy) is 2. The van der Waals surface area contributed by atoms with E-state index in [1.807, 2.05) is 29.2 Å². The van der Waals surface area contributed by atoms with E-state index >= 15 is 0 Å². The maximum absolute atomic E-state index is 12.5. The van der Waals surface area contributed by atoms with E-state index in [1.165, 1.54) is 0 Å². The molecule has 6 nitrogen and oxygen atoms in total. The monoisotopic (exact) mass is 339 g/mol. The quantitative estimate of drug-likeness (QED) is 0.859. The van der Waals surface area contributed by atoms with Crippen LogP contribution >= 0.6 is 0 Å². The Hall–Kier alpha value is -2.47. The summed E-state index contributed by atoms with van der Waals surface area (Å²) in [6.45, 7) is 1.97. The number of hydrogen-bond donors (Lipinski definition) is 0. The number of piperidine rings is 1. The third kappa shape index (κ3) is 3.49. The van der Waals surface area contributed by atoms with Crippen LogP contribution in [0.5, 0.6) is 5.75 Å². The predicted molar refractivity (Wildman–Crippen MR) is 91.3 cm³/mol. The molecule has 2 fully saturated rings. The van der Waals surface area contributed by atoms with Gasteiger partial charge in [-0.3, -0.25) is 14.8 Å². The van der Waals surface area contributed by atoms with Crippen molar-refractivity contribution in [2.24, 2.45) is 0 Å². The Labute approximate surface area is 146 Å². The van der Waals surface area contributed by atoms with Crippen LogP contribution in [-0.4, -0.2) is 52.2 Å². The van der Waals surface area contributed by atoms with Gasteiger partial charge in [0, 0.05) is 31.9 Å². The molecule has 0 radical (unpaired) electrons. The van der Waals surface area contributed by atoms with Crippen molar-refractivity contribution in [3.8, 4) is 5.75 Å². The largest absolute Gasteiger partial charge is 0.486 e. The smallest absolute Gasteiger partial charge is 0.272 e. The molecule has 0 aromatic carbocycles. The standard InChI is InChI=1S/C19H21N3O3/c23-18(17-5-1-2-9-21-17)22-10-6-19(7-11-22)12-16(14-24-19)25-15-4-3-8-20-13-15/h1-5,8-9,13,16H,6-7,10-12,14H2/t16-/m0/s1. The molecule has 4 heterocycles. The molecule has 2 saturated heterocycles. The Morgan fingerprint density at radius 2 is 2.08 bits per heavy atom. The van der Waals surface area contributed by atoms with Crippen molar-refractivity contribution >= 4 is 5.91 Å². The second-order valence-corrected chi connectivity index (χ2v) is 6.63. The third-order valence-corrected chi connectivity index (χ3v) is 4.96. The van der Waals surface area contributed by atoms with Gasteiger partial charge in [-0.05, 0) is 37.1 Å². The first-order valence-electron chi connectivity index (χ1n) is 8.65. The summed E-state index contributed by atoms with van der Waals surface area (Å²) in [6, 6.07) is 9.19. The van der Waals surface area contributed by atoms with E-state index in [9.17, 15) is 4.79 Å². The average Bonchev–Trinajstić information content (AvgIpc) is 3.05. The van der Waals surface area contributed by atoms with Crippen LogP contribution < -0.4 is 4.74 Å². The fourth-order valence-corrected chi connectivity index (χ4v) is 3.60. The number of carbonyl (C=O) groups is 1. The van der Waals surface area contributed by atoms with Crippen molar-refractivity contribution in [1.29, 1.82) is 0 Å². The Morgan fingerprint density at radius 3 is 2.80 bits per heavy atom. The zero-order valence-electron chi connectivity index (χ0n) is 14.0. The molecule has 25 heavy (non-hydrogen) atoms. The molecule has 1 atom stereocenters. The summed E-state index contributed by atoms with van der Waals surface area (Å²) >= 11 is 0. The number of likely N-dealkylation sites (tertiary alicyclic amines) is 1. The summed E-state index contributed by atoms with van der Waals surface area (Å²) in [4.78, 5) is 22.6. The molecule has 0 N–H and O–H groups in total. The predicted octanol–water partition coefficient (Wildman–Crippen LogP) is 2.32. The minimum Gasteiger partial charge on any atom is -0.486 e. The molecule has 1 spiro atoms. The normalized spacial score (nSPS) is 22.1. The minimum atomic E-state index is -0.173. The summed E-state index contributed by atoms with van der Waals surface area (Å²) in [6.07, 6.45) is 7.67. The topological polar surface area (TPSA) is 64.6 Å². The highest BCUT2D eigenvalue weighted by Gasteiger charge is 2.44. The number of hydrogen-bond acceptors (Lipinski definition) is 5. The van der Waals surface area contributed by atoms with E-state index in [0.29, 0.717) is 25.4 Å². The van der Waals surface area contributed by atoms with Gasteiger partial charge in [-0.15, -0.1) is 0 Å². The molecule has 0 saturated carbocycles. The zero-order valence-corrected chi connectivity index (χ0v) is 14.0. The molecule has 6 heteroatoms. The van der Waals surface area contributed by atoms with Crippen LogP contribution in [0, 0.1) is 0 Å². The van der Waals surface area contributed by atoms with Crippen LogP contribution in [-0.2, 0) is 4.74 Å². The van der Waals surface area contributed by atoms with Crippen molar-refractivity contribution in [2.45, 2.75) is 31.0 Å². The molecule has 2 aromatic rings. The van der Waals surface area contributed by atoms with Gasteiger partial charge in [0.25, 0.3) is 5.91 Å². The first kappa shape index (κ1) is 16.0. The van der Waals surface area contributed by atoms with E-state index < -0.39 is 0 Å². The van der Waals surface area contributed by atoms with Crippen molar-refractivity contribution in [2.75, 3.05) is 19.7 Å². The fourth-order valence-electron chi connectivity index (χ4n) is 3.60. The van der Waals surface area contributed by atoms with Crippen LogP contribution in [0.3, 0.4) is 0 Å². The first-order chi connectivity index (χ1) is 12.2. The number of pyridine rings is 2. The molecule has 2 aromatic heterocycles. The highest BCUT2D eigenvalue weighted by atomic mass is 16.6. The van der Waals surface area contributed by atoms with Crippen LogP contribution in [0.1, 0.15) is 29.8 Å². The lowest BCUT2D eigenvalue weighted by atomic mass is 9.88. The van der Waals surface area contributed by atoms with Crippen LogP contribution in [0.2, 0.25) is 0 Å². The van der Waals surface area contributed by atoms with Crippen molar-refractivity contribution in [3.63, 3.8) is 0 Å². The van der Waals surface area contributed by atoms with Crippen LogP contribution in [0.15, 0.2) is 48.9 Å². The van der Waals surface area contributed by atoms with E-state index in [1.54, 1.807) is 24.7 Å². The van der Waals surface area contributed by atoms with Gasteiger partial charge in [0.05, 0.1) is 18.4 Å². The molecule has 2 aliphatic rings. The van der Waals surface area contributed by atoms with Gasteiger partial charge in [0.1, 0.15) is 17.5 Å². The summed E-state index contributed by atoms with van der Waals surface area (Å²) in [5, 5.41) is 0. The number of carbonyl (C=O) groups excluding carboxylic acids is 1. The van der Waals surface area contributed by atoms with Crippen molar-refractivity contribution < 1.29 is 14.3 Å². The molecule has 4 rings (SSSR count). The summed E-state index contributed by atoms with van der Waals surface area (Å²) < 4.78 is 12.1. The SMILES string of the molecule is O=C(c1ccccn1)N1CCC2(CC1)C[C@H](Oc1cccnc1)CO2. The lowest BCUT2D eigenvalue weighted by molar-refractivity contribution is -0.0396. The minimum absolute atomic E-state index is 0.00314. The highest BCUT2D eigenvalue weighted by molar-refractivity contribution is 5.92. The molecule has 2 aliphatic heterocycles. The highest BCUT2D eigenvalue weighted by Crippen LogP contribution is 2.37. The Bertz CT molecular complexity index is 715. The number of nitrogens with zero attached hydrogens (tertiary/aromatic N) is 3. The molecule has 130 valence electrons. The lowest BCUT2D eigenvalue weighted by Crippen LogP contribution is -2.46. The number of rotatable bonds is 3. The van der Waals surface area contributed by atoms with Gasteiger partial charge >= 0.3 is 0 Å². The van der Waals surface area contributed by atoms with E-state index in [2.05, 4.69) is 9.97 Å². The van der Waals surface area contributed by atoms with Gasteiger partial charge in [-0.2, -0.15) is 0 Å². The second-order valence-electron chi connectivity index (χ2n) is 6.63. The Morgan fingerprint density at radius 1 is 1.20 bits per heavy atom. The lowest BCUT2D eigenvalue weighted by Gasteiger charge is -2.38. The molecule has 0 bridgehead atoms. The molecule has 0 aliphatic carbocycles. The maximum atomic E-state index is 12.5. The molecular weight excluding hydrogens is 318 g/mol.